The van der Waals surface area contributed by atoms with Gasteiger partial charge < -0.3 is 10.2 Å². The smallest absolute Gasteiger partial charge is 0.269 e. The quantitative estimate of drug-likeness (QED) is 0.282. The number of carbonyl (C=O) groups excluding carboxylic acids is 2. The average Bonchev–Trinajstić information content (AvgIpc) is 2.90. The predicted octanol–water partition coefficient (Wildman–Crippen LogP) is 3.87. The molecule has 0 bridgehead atoms. The minimum Gasteiger partial charge on any atom is -0.352 e. The highest BCUT2D eigenvalue weighted by Gasteiger charge is 2.33. The Bertz CT molecular complexity index is 1430. The van der Waals surface area contributed by atoms with Crippen LogP contribution in [-0.2, 0) is 26.2 Å². The molecule has 3 rings (SSSR count). The van der Waals surface area contributed by atoms with Crippen LogP contribution in [0.3, 0.4) is 0 Å². The summed E-state index contributed by atoms with van der Waals surface area (Å²) in [5.41, 5.74) is -0.118. The Hall–Kier alpha value is -4.32. The van der Waals surface area contributed by atoms with Gasteiger partial charge in [0, 0.05) is 30.3 Å². The van der Waals surface area contributed by atoms with Crippen LogP contribution in [-0.4, -0.2) is 48.7 Å². The molecule has 10 nitrogen and oxygen atoms in total. The van der Waals surface area contributed by atoms with Gasteiger partial charge in [-0.1, -0.05) is 36.4 Å². The molecule has 0 aliphatic rings. The molecule has 1 N–H and O–H groups in total. The van der Waals surface area contributed by atoms with Gasteiger partial charge in [-0.05, 0) is 51.1 Å². The van der Waals surface area contributed by atoms with Crippen molar-refractivity contribution >= 4 is 33.2 Å². The molecule has 39 heavy (non-hydrogen) atoms. The summed E-state index contributed by atoms with van der Waals surface area (Å²) in [5.74, 6) is -1.86. The molecule has 0 aliphatic heterocycles. The second-order valence-corrected chi connectivity index (χ2v) is 10.9. The number of hydrogen-bond donors (Lipinski definition) is 1. The first kappa shape index (κ1) is 29.2. The summed E-state index contributed by atoms with van der Waals surface area (Å²) in [6.45, 7) is 3.92. The summed E-state index contributed by atoms with van der Waals surface area (Å²) < 4.78 is 42.7. The summed E-state index contributed by atoms with van der Waals surface area (Å²) >= 11 is 0. The van der Waals surface area contributed by atoms with Crippen LogP contribution < -0.4 is 9.62 Å². The van der Waals surface area contributed by atoms with E-state index in [1.807, 2.05) is 0 Å². The zero-order valence-corrected chi connectivity index (χ0v) is 22.5. The van der Waals surface area contributed by atoms with Crippen molar-refractivity contribution in [3.63, 3.8) is 0 Å². The molecule has 0 aliphatic carbocycles. The lowest BCUT2D eigenvalue weighted by Crippen LogP contribution is -2.52. The molecule has 12 heteroatoms. The first-order chi connectivity index (χ1) is 18.4. The fourth-order valence-corrected chi connectivity index (χ4v) is 5.22. The van der Waals surface area contributed by atoms with Gasteiger partial charge in [0.25, 0.3) is 15.7 Å². The van der Waals surface area contributed by atoms with E-state index in [1.54, 1.807) is 26.0 Å². The summed E-state index contributed by atoms with van der Waals surface area (Å²) in [4.78, 5) is 38.1. The largest absolute Gasteiger partial charge is 0.352 e. The maximum atomic E-state index is 14.5. The van der Waals surface area contributed by atoms with Gasteiger partial charge in [0.1, 0.15) is 18.4 Å². The van der Waals surface area contributed by atoms with Crippen LogP contribution in [0.4, 0.5) is 15.8 Å². The fraction of sp³-hybridized carbons (Fsp3) is 0.259. The Morgan fingerprint density at radius 1 is 0.949 bits per heavy atom. The van der Waals surface area contributed by atoms with E-state index in [2.05, 4.69) is 5.32 Å². The third-order valence-corrected chi connectivity index (χ3v) is 7.64. The highest BCUT2D eigenvalue weighted by atomic mass is 32.2. The van der Waals surface area contributed by atoms with Gasteiger partial charge in [-0.2, -0.15) is 0 Å². The van der Waals surface area contributed by atoms with E-state index in [1.165, 1.54) is 61.5 Å². The molecule has 0 aromatic heterocycles. The number of nitro benzene ring substituents is 1. The lowest BCUT2D eigenvalue weighted by molar-refractivity contribution is -0.384. The summed E-state index contributed by atoms with van der Waals surface area (Å²) in [6, 6.07) is 16.5. The summed E-state index contributed by atoms with van der Waals surface area (Å²) in [7, 11) is -4.32. The Morgan fingerprint density at radius 3 is 2.10 bits per heavy atom. The lowest BCUT2D eigenvalue weighted by Gasteiger charge is -2.32. The van der Waals surface area contributed by atoms with Crippen LogP contribution in [0.2, 0.25) is 0 Å². The van der Waals surface area contributed by atoms with E-state index in [9.17, 15) is 32.5 Å². The summed E-state index contributed by atoms with van der Waals surface area (Å²) in [6.07, 6.45) is 0. The number of benzene rings is 3. The van der Waals surface area contributed by atoms with E-state index in [0.29, 0.717) is 0 Å². The molecule has 3 aromatic rings. The normalized spacial score (nSPS) is 12.0. The number of carbonyl (C=O) groups is 2. The maximum absolute atomic E-state index is 14.5. The van der Waals surface area contributed by atoms with Crippen molar-refractivity contribution in [2.45, 2.75) is 44.3 Å². The molecule has 0 heterocycles. The molecule has 0 unspecified atom stereocenters. The van der Waals surface area contributed by atoms with E-state index in [0.717, 1.165) is 21.3 Å². The molecule has 1 atom stereocenters. The van der Waals surface area contributed by atoms with Crippen molar-refractivity contribution in [2.24, 2.45) is 0 Å². The number of anilines is 1. The molecule has 3 aromatic carbocycles. The minimum absolute atomic E-state index is 0.00271. The zero-order valence-electron chi connectivity index (χ0n) is 21.7. The standard InChI is InChI=1S/C27H29FN4O6S/c1-19(2)29-27(34)20(3)30(17-21-9-7-8-12-25(21)28)26(33)18-31(22-13-15-23(16-14-22)32(35)36)39(37,38)24-10-5-4-6-11-24/h4-16,19-20H,17-18H2,1-3H3,(H,29,34)/t20-/m0/s1. The Labute approximate surface area is 226 Å². The molecule has 206 valence electrons. The second-order valence-electron chi connectivity index (χ2n) is 9.05. The van der Waals surface area contributed by atoms with Crippen LogP contribution in [0.15, 0.2) is 83.8 Å². The monoisotopic (exact) mass is 556 g/mol. The highest BCUT2D eigenvalue weighted by molar-refractivity contribution is 7.92. The van der Waals surface area contributed by atoms with Crippen LogP contribution >= 0.6 is 0 Å². The lowest BCUT2D eigenvalue weighted by atomic mass is 10.1. The number of hydrogen-bond acceptors (Lipinski definition) is 6. The molecule has 0 saturated heterocycles. The molecular weight excluding hydrogens is 527 g/mol. The van der Waals surface area contributed by atoms with Crippen molar-refractivity contribution in [3.05, 3.63) is 100 Å². The van der Waals surface area contributed by atoms with Crippen molar-refractivity contribution in [2.75, 3.05) is 10.8 Å². The van der Waals surface area contributed by atoms with E-state index >= 15 is 0 Å². The molecule has 0 radical (unpaired) electrons. The number of sulfonamides is 1. The minimum atomic E-state index is -4.32. The Balaban J connectivity index is 2.05. The number of nitrogens with one attached hydrogen (secondary N) is 1. The fourth-order valence-electron chi connectivity index (χ4n) is 3.79. The number of non-ortho nitro benzene ring substituents is 1. The topological polar surface area (TPSA) is 130 Å². The van der Waals surface area contributed by atoms with Crippen molar-refractivity contribution < 1.29 is 27.3 Å². The van der Waals surface area contributed by atoms with Gasteiger partial charge in [0.05, 0.1) is 15.5 Å². The van der Waals surface area contributed by atoms with Gasteiger partial charge in [-0.15, -0.1) is 0 Å². The second kappa shape index (κ2) is 12.5. The Morgan fingerprint density at radius 2 is 1.54 bits per heavy atom. The first-order valence-electron chi connectivity index (χ1n) is 12.1. The molecule has 0 saturated carbocycles. The number of halogens is 1. The van der Waals surface area contributed by atoms with Gasteiger partial charge in [0.15, 0.2) is 0 Å². The van der Waals surface area contributed by atoms with E-state index in [-0.39, 0.29) is 34.4 Å². The number of rotatable bonds is 11. The van der Waals surface area contributed by atoms with Crippen molar-refractivity contribution in [1.82, 2.24) is 10.2 Å². The maximum Gasteiger partial charge on any atom is 0.269 e. The van der Waals surface area contributed by atoms with Crippen LogP contribution in [0.25, 0.3) is 0 Å². The number of amides is 2. The third-order valence-electron chi connectivity index (χ3n) is 5.86. The highest BCUT2D eigenvalue weighted by Crippen LogP contribution is 2.26. The molecule has 2 amide bonds. The molecule has 0 fully saturated rings. The summed E-state index contributed by atoms with van der Waals surface area (Å²) in [5, 5.41) is 13.8. The predicted molar refractivity (Wildman–Crippen MR) is 144 cm³/mol. The molecule has 0 spiro atoms. The first-order valence-corrected chi connectivity index (χ1v) is 13.5. The number of nitrogens with zero attached hydrogens (tertiary/aromatic N) is 3. The number of nitro groups is 1. The third kappa shape index (κ3) is 7.17. The van der Waals surface area contributed by atoms with Gasteiger partial charge in [0.2, 0.25) is 11.8 Å². The van der Waals surface area contributed by atoms with Crippen molar-refractivity contribution in [3.8, 4) is 0 Å². The van der Waals surface area contributed by atoms with Crippen LogP contribution in [0.5, 0.6) is 0 Å². The average molecular weight is 557 g/mol. The van der Waals surface area contributed by atoms with Gasteiger partial charge >= 0.3 is 0 Å². The van der Waals surface area contributed by atoms with Crippen molar-refractivity contribution in [1.29, 1.82) is 0 Å². The van der Waals surface area contributed by atoms with Gasteiger partial charge in [-0.3, -0.25) is 24.0 Å². The SMILES string of the molecule is CC(C)NC(=O)[C@H](C)N(Cc1ccccc1F)C(=O)CN(c1ccc([N+](=O)[O-])cc1)S(=O)(=O)c1ccccc1. The molecular formula is C27H29FN4O6S. The van der Waals surface area contributed by atoms with E-state index < -0.39 is 45.2 Å². The Kier molecular flexibility index (Phi) is 9.36. The van der Waals surface area contributed by atoms with Crippen LogP contribution in [0.1, 0.15) is 26.3 Å². The van der Waals surface area contributed by atoms with Crippen LogP contribution in [0, 0.1) is 15.9 Å². The zero-order chi connectivity index (χ0) is 28.7. The van der Waals surface area contributed by atoms with Gasteiger partial charge in [-0.25, -0.2) is 12.8 Å². The van der Waals surface area contributed by atoms with E-state index in [4.69, 9.17) is 0 Å².